The van der Waals surface area contributed by atoms with Gasteiger partial charge in [-0.15, -0.1) is 10.2 Å². The van der Waals surface area contributed by atoms with Crippen LogP contribution in [0, 0.1) is 13.8 Å². The van der Waals surface area contributed by atoms with Crippen LogP contribution < -0.4 is 5.32 Å². The third-order valence-corrected chi connectivity index (χ3v) is 6.19. The second kappa shape index (κ2) is 9.83. The lowest BCUT2D eigenvalue weighted by atomic mass is 10.1. The maximum absolute atomic E-state index is 12.8. The normalized spacial score (nSPS) is 10.8. The number of thioether (sulfide) groups is 1. The summed E-state index contributed by atoms with van der Waals surface area (Å²) in [6.07, 6.45) is 0.868. The lowest BCUT2D eigenvalue weighted by Crippen LogP contribution is -2.16. The third kappa shape index (κ3) is 4.75. The third-order valence-electron chi connectivity index (χ3n) is 5.26. The Morgan fingerprint density at radius 1 is 0.969 bits per heavy atom. The van der Waals surface area contributed by atoms with Gasteiger partial charge in [0.2, 0.25) is 5.91 Å². The average Bonchev–Trinajstić information content (AvgIpc) is 3.23. The minimum Gasteiger partial charge on any atom is -0.325 e. The van der Waals surface area contributed by atoms with Crippen molar-refractivity contribution in [2.24, 2.45) is 0 Å². The maximum Gasteiger partial charge on any atom is 0.234 e. The van der Waals surface area contributed by atoms with Gasteiger partial charge in [0.15, 0.2) is 11.0 Å². The predicted molar refractivity (Wildman–Crippen MR) is 131 cm³/mol. The molecule has 0 radical (unpaired) electrons. The highest BCUT2D eigenvalue weighted by molar-refractivity contribution is 7.99. The van der Waals surface area contributed by atoms with Gasteiger partial charge in [-0.3, -0.25) is 9.36 Å². The largest absolute Gasteiger partial charge is 0.325 e. The van der Waals surface area contributed by atoms with Gasteiger partial charge in [0.05, 0.1) is 5.75 Å². The summed E-state index contributed by atoms with van der Waals surface area (Å²) >= 11 is 1.39. The van der Waals surface area contributed by atoms with Crippen LogP contribution in [0.4, 0.5) is 5.69 Å². The van der Waals surface area contributed by atoms with Gasteiger partial charge in [0.1, 0.15) is 0 Å². The first-order valence-electron chi connectivity index (χ1n) is 10.7. The van der Waals surface area contributed by atoms with Crippen LogP contribution in [0.15, 0.2) is 78.0 Å². The fraction of sp³-hybridized carbons (Fsp3) is 0.192. The summed E-state index contributed by atoms with van der Waals surface area (Å²) in [4.78, 5) is 12.8. The molecule has 1 heterocycles. The van der Waals surface area contributed by atoms with Crippen LogP contribution in [0.3, 0.4) is 0 Å². The zero-order valence-electron chi connectivity index (χ0n) is 18.5. The SMILES string of the molecule is CCc1cccc(C)c1NC(=O)CSc1nnc(-c2ccccc2)n1-c1cccc(C)c1. The molecule has 1 amide bonds. The van der Waals surface area contributed by atoms with Gasteiger partial charge in [0.25, 0.3) is 0 Å². The van der Waals surface area contributed by atoms with Crippen LogP contribution >= 0.6 is 11.8 Å². The van der Waals surface area contributed by atoms with Gasteiger partial charge < -0.3 is 5.32 Å². The second-order valence-corrected chi connectivity index (χ2v) is 8.59. The summed E-state index contributed by atoms with van der Waals surface area (Å²) in [6, 6.07) is 24.3. The van der Waals surface area contributed by atoms with Crippen LogP contribution in [0.25, 0.3) is 17.1 Å². The van der Waals surface area contributed by atoms with Crippen molar-refractivity contribution >= 4 is 23.4 Å². The van der Waals surface area contributed by atoms with Gasteiger partial charge in [-0.05, 0) is 49.1 Å². The molecule has 0 bridgehead atoms. The van der Waals surface area contributed by atoms with Crippen LogP contribution in [0.2, 0.25) is 0 Å². The van der Waals surface area contributed by atoms with E-state index in [1.54, 1.807) is 0 Å². The first-order chi connectivity index (χ1) is 15.6. The number of para-hydroxylation sites is 1. The molecule has 0 saturated heterocycles. The molecule has 6 heteroatoms. The van der Waals surface area contributed by atoms with Crippen molar-refractivity contribution in [2.45, 2.75) is 32.3 Å². The number of hydrogen-bond donors (Lipinski definition) is 1. The molecule has 0 aliphatic carbocycles. The highest BCUT2D eigenvalue weighted by atomic mass is 32.2. The van der Waals surface area contributed by atoms with E-state index in [4.69, 9.17) is 0 Å². The molecule has 0 saturated carbocycles. The van der Waals surface area contributed by atoms with E-state index in [2.05, 4.69) is 47.6 Å². The molecule has 4 aromatic rings. The van der Waals surface area contributed by atoms with E-state index < -0.39 is 0 Å². The summed E-state index contributed by atoms with van der Waals surface area (Å²) in [5.41, 5.74) is 6.21. The Balaban J connectivity index is 1.61. The van der Waals surface area contributed by atoms with E-state index in [1.807, 2.05) is 66.1 Å². The van der Waals surface area contributed by atoms with Crippen LogP contribution in [-0.4, -0.2) is 26.4 Å². The number of benzene rings is 3. The summed E-state index contributed by atoms with van der Waals surface area (Å²) in [5, 5.41) is 12.7. The Labute approximate surface area is 192 Å². The molecule has 3 aromatic carbocycles. The molecule has 4 rings (SSSR count). The number of carbonyl (C=O) groups is 1. The van der Waals surface area contributed by atoms with E-state index in [9.17, 15) is 4.79 Å². The van der Waals surface area contributed by atoms with Gasteiger partial charge in [-0.2, -0.15) is 0 Å². The standard InChI is InChI=1S/C26H26N4OS/c1-4-20-14-9-11-19(3)24(20)27-23(31)17-32-26-29-28-25(21-12-6-5-7-13-21)30(26)22-15-8-10-18(2)16-22/h5-16H,4,17H2,1-3H3,(H,27,31). The Morgan fingerprint density at radius 3 is 2.50 bits per heavy atom. The van der Waals surface area contributed by atoms with Crippen molar-refractivity contribution in [3.05, 3.63) is 89.5 Å². The molecular formula is C26H26N4OS. The van der Waals surface area contributed by atoms with Crippen molar-refractivity contribution in [1.29, 1.82) is 0 Å². The van der Waals surface area contributed by atoms with E-state index in [-0.39, 0.29) is 11.7 Å². The average molecular weight is 443 g/mol. The summed E-state index contributed by atoms with van der Waals surface area (Å²) in [6.45, 7) is 6.17. The topological polar surface area (TPSA) is 59.8 Å². The predicted octanol–water partition coefficient (Wildman–Crippen LogP) is 5.84. The molecule has 32 heavy (non-hydrogen) atoms. The van der Waals surface area contributed by atoms with Crippen LogP contribution in [0.1, 0.15) is 23.6 Å². The van der Waals surface area contributed by atoms with Gasteiger partial charge in [-0.1, -0.05) is 79.3 Å². The maximum atomic E-state index is 12.8. The second-order valence-electron chi connectivity index (χ2n) is 7.65. The summed E-state index contributed by atoms with van der Waals surface area (Å²) in [7, 11) is 0. The zero-order valence-corrected chi connectivity index (χ0v) is 19.3. The number of anilines is 1. The van der Waals surface area contributed by atoms with Crippen molar-refractivity contribution in [2.75, 3.05) is 11.1 Å². The minimum atomic E-state index is -0.0564. The Kier molecular flexibility index (Phi) is 6.71. The van der Waals surface area contributed by atoms with E-state index in [1.165, 1.54) is 11.8 Å². The fourth-order valence-electron chi connectivity index (χ4n) is 3.65. The van der Waals surface area contributed by atoms with Gasteiger partial charge in [0, 0.05) is 16.9 Å². The molecule has 5 nitrogen and oxygen atoms in total. The summed E-state index contributed by atoms with van der Waals surface area (Å²) in [5.74, 6) is 0.946. The van der Waals surface area contributed by atoms with E-state index in [0.29, 0.717) is 5.16 Å². The molecule has 1 N–H and O–H groups in total. The van der Waals surface area contributed by atoms with E-state index in [0.717, 1.165) is 45.9 Å². The monoisotopic (exact) mass is 442 g/mol. The molecule has 0 aliphatic heterocycles. The Morgan fingerprint density at radius 2 is 1.75 bits per heavy atom. The molecule has 0 aliphatic rings. The molecule has 162 valence electrons. The molecule has 0 unspecified atom stereocenters. The quantitative estimate of drug-likeness (QED) is 0.365. The van der Waals surface area contributed by atoms with Crippen LogP contribution in [0.5, 0.6) is 0 Å². The number of aromatic nitrogens is 3. The number of carbonyl (C=O) groups excluding carboxylic acids is 1. The first-order valence-corrected chi connectivity index (χ1v) is 11.6. The smallest absolute Gasteiger partial charge is 0.234 e. The number of amides is 1. The molecule has 1 aromatic heterocycles. The number of nitrogens with zero attached hydrogens (tertiary/aromatic N) is 3. The zero-order chi connectivity index (χ0) is 22.5. The highest BCUT2D eigenvalue weighted by Crippen LogP contribution is 2.29. The first kappa shape index (κ1) is 21.8. The van der Waals surface area contributed by atoms with Crippen molar-refractivity contribution in [3.8, 4) is 17.1 Å². The Hall–Kier alpha value is -3.38. The molecule has 0 spiro atoms. The molecular weight excluding hydrogens is 416 g/mol. The van der Waals surface area contributed by atoms with Gasteiger partial charge >= 0.3 is 0 Å². The number of nitrogens with one attached hydrogen (secondary N) is 1. The van der Waals surface area contributed by atoms with Crippen LogP contribution in [-0.2, 0) is 11.2 Å². The fourth-order valence-corrected chi connectivity index (χ4v) is 4.40. The van der Waals surface area contributed by atoms with Crippen molar-refractivity contribution < 1.29 is 4.79 Å². The lowest BCUT2D eigenvalue weighted by Gasteiger charge is -2.13. The number of rotatable bonds is 7. The van der Waals surface area contributed by atoms with E-state index >= 15 is 0 Å². The molecule has 0 fully saturated rings. The van der Waals surface area contributed by atoms with Crippen molar-refractivity contribution in [1.82, 2.24) is 14.8 Å². The Bertz CT molecular complexity index is 1230. The molecule has 0 atom stereocenters. The van der Waals surface area contributed by atoms with Gasteiger partial charge in [-0.25, -0.2) is 0 Å². The summed E-state index contributed by atoms with van der Waals surface area (Å²) < 4.78 is 2.02. The number of aryl methyl sites for hydroxylation is 3. The number of hydrogen-bond acceptors (Lipinski definition) is 4. The minimum absolute atomic E-state index is 0.0564. The highest BCUT2D eigenvalue weighted by Gasteiger charge is 2.18. The van der Waals surface area contributed by atoms with Crippen molar-refractivity contribution in [3.63, 3.8) is 0 Å². The lowest BCUT2D eigenvalue weighted by molar-refractivity contribution is -0.113.